The van der Waals surface area contributed by atoms with Crippen molar-refractivity contribution in [2.24, 2.45) is 11.7 Å². The van der Waals surface area contributed by atoms with Crippen molar-refractivity contribution in [1.82, 2.24) is 14.4 Å². The number of aryl methyl sites for hydroxylation is 1. The topological polar surface area (TPSA) is 88.5 Å². The van der Waals surface area contributed by atoms with Crippen molar-refractivity contribution in [1.29, 1.82) is 0 Å². The van der Waals surface area contributed by atoms with Crippen molar-refractivity contribution in [2.45, 2.75) is 19.8 Å². The fourth-order valence-electron chi connectivity index (χ4n) is 4.15. The number of carbonyl (C=O) groups excluding carboxylic acids is 1. The van der Waals surface area contributed by atoms with Crippen molar-refractivity contribution in [3.8, 4) is 0 Å². The molecule has 1 amide bonds. The van der Waals surface area contributed by atoms with E-state index in [2.05, 4.69) is 15.2 Å². The molecule has 1 aliphatic heterocycles. The molecule has 1 fully saturated rings. The van der Waals surface area contributed by atoms with Gasteiger partial charge in [0.15, 0.2) is 11.5 Å². The number of pyridine rings is 2. The van der Waals surface area contributed by atoms with E-state index in [-0.39, 0.29) is 11.6 Å². The molecule has 0 saturated carbocycles. The summed E-state index contributed by atoms with van der Waals surface area (Å²) in [5.41, 5.74) is 7.02. The SMILES string of the molecule is Cc1cn2cc(NC(=O)c3cc4ccc(N5CC[C@H](CCN)C5)nc4s3)cc(F)c2n1. The van der Waals surface area contributed by atoms with E-state index in [4.69, 9.17) is 10.7 Å². The average molecular weight is 439 g/mol. The van der Waals surface area contributed by atoms with E-state index in [1.807, 2.05) is 18.2 Å². The van der Waals surface area contributed by atoms with Crippen LogP contribution in [-0.2, 0) is 0 Å². The molecule has 0 unspecified atom stereocenters. The van der Waals surface area contributed by atoms with Crippen molar-refractivity contribution in [3.63, 3.8) is 0 Å². The maximum absolute atomic E-state index is 14.3. The Kier molecular flexibility index (Phi) is 5.07. The van der Waals surface area contributed by atoms with E-state index in [1.54, 1.807) is 23.7 Å². The quantitative estimate of drug-likeness (QED) is 0.495. The number of halogens is 1. The number of thiophene rings is 1. The third-order valence-corrected chi connectivity index (χ3v) is 6.70. The van der Waals surface area contributed by atoms with Crippen molar-refractivity contribution >= 4 is 44.6 Å². The lowest BCUT2D eigenvalue weighted by Gasteiger charge is -2.17. The van der Waals surface area contributed by atoms with Crippen LogP contribution in [0.4, 0.5) is 15.9 Å². The van der Waals surface area contributed by atoms with Crippen molar-refractivity contribution in [3.05, 3.63) is 53.0 Å². The normalized spacial score (nSPS) is 16.5. The molecule has 1 atom stereocenters. The molecule has 5 rings (SSSR count). The minimum absolute atomic E-state index is 0.240. The number of hydrogen-bond donors (Lipinski definition) is 2. The monoisotopic (exact) mass is 438 g/mol. The number of hydrogen-bond acceptors (Lipinski definition) is 6. The Morgan fingerprint density at radius 2 is 2.19 bits per heavy atom. The highest BCUT2D eigenvalue weighted by molar-refractivity contribution is 7.20. The fourth-order valence-corrected chi connectivity index (χ4v) is 5.07. The molecule has 4 aromatic rings. The Balaban J connectivity index is 1.36. The number of nitrogens with zero attached hydrogens (tertiary/aromatic N) is 4. The van der Waals surface area contributed by atoms with Gasteiger partial charge in [0, 0.05) is 36.9 Å². The summed E-state index contributed by atoms with van der Waals surface area (Å²) < 4.78 is 15.9. The van der Waals surface area contributed by atoms with Crippen LogP contribution in [0.2, 0.25) is 0 Å². The summed E-state index contributed by atoms with van der Waals surface area (Å²) in [4.78, 5) is 25.3. The van der Waals surface area contributed by atoms with Gasteiger partial charge in [0.05, 0.1) is 16.3 Å². The molecule has 1 saturated heterocycles. The summed E-state index contributed by atoms with van der Waals surface area (Å²) in [6.07, 6.45) is 5.54. The lowest BCUT2D eigenvalue weighted by Crippen LogP contribution is -2.21. The summed E-state index contributed by atoms with van der Waals surface area (Å²) in [5.74, 6) is 0.782. The third kappa shape index (κ3) is 3.86. The number of nitrogens with one attached hydrogen (secondary N) is 1. The Morgan fingerprint density at radius 1 is 1.32 bits per heavy atom. The second-order valence-electron chi connectivity index (χ2n) is 8.00. The molecule has 1 aliphatic rings. The number of imidazole rings is 1. The summed E-state index contributed by atoms with van der Waals surface area (Å²) in [6, 6.07) is 7.12. The summed E-state index contributed by atoms with van der Waals surface area (Å²) in [5, 5.41) is 3.70. The minimum atomic E-state index is -0.480. The highest BCUT2D eigenvalue weighted by Crippen LogP contribution is 2.30. The molecule has 31 heavy (non-hydrogen) atoms. The fraction of sp³-hybridized carbons (Fsp3) is 0.318. The highest BCUT2D eigenvalue weighted by atomic mass is 32.1. The van der Waals surface area contributed by atoms with Gasteiger partial charge in [-0.3, -0.25) is 4.79 Å². The standard InChI is InChI=1S/C22H23FN6OS/c1-13-10-29-12-16(9-17(23)20(29)25-13)26-21(30)18-8-15-2-3-19(27-22(15)31-18)28-7-5-14(11-28)4-6-24/h2-3,8-10,12,14H,4-7,11,24H2,1H3,(H,26,30)/t14-/m0/s1. The molecule has 0 bridgehead atoms. The van der Waals surface area contributed by atoms with E-state index >= 15 is 0 Å². The van der Waals surface area contributed by atoms with Crippen LogP contribution in [0.1, 0.15) is 28.2 Å². The molecule has 0 aliphatic carbocycles. The first-order chi connectivity index (χ1) is 15.0. The first-order valence-corrected chi connectivity index (χ1v) is 11.1. The molecule has 0 spiro atoms. The van der Waals surface area contributed by atoms with E-state index in [1.165, 1.54) is 17.4 Å². The number of rotatable bonds is 5. The molecule has 0 aromatic carbocycles. The number of carbonyl (C=O) groups is 1. The zero-order valence-electron chi connectivity index (χ0n) is 17.1. The van der Waals surface area contributed by atoms with E-state index < -0.39 is 5.82 Å². The average Bonchev–Trinajstić information content (AvgIpc) is 3.45. The molecule has 0 radical (unpaired) electrons. The number of amides is 1. The Morgan fingerprint density at radius 3 is 3.03 bits per heavy atom. The van der Waals surface area contributed by atoms with Gasteiger partial charge in [-0.05, 0) is 50.4 Å². The zero-order valence-corrected chi connectivity index (χ0v) is 18.0. The summed E-state index contributed by atoms with van der Waals surface area (Å²) >= 11 is 1.34. The van der Waals surface area contributed by atoms with Gasteiger partial charge in [-0.2, -0.15) is 0 Å². The summed E-state index contributed by atoms with van der Waals surface area (Å²) in [6.45, 7) is 4.45. The van der Waals surface area contributed by atoms with Crippen LogP contribution in [0.15, 0.2) is 36.7 Å². The molecule has 5 heterocycles. The van der Waals surface area contributed by atoms with Gasteiger partial charge >= 0.3 is 0 Å². The molecule has 9 heteroatoms. The second kappa shape index (κ2) is 7.90. The molecule has 7 nitrogen and oxygen atoms in total. The van der Waals surface area contributed by atoms with Crippen molar-refractivity contribution in [2.75, 3.05) is 29.9 Å². The van der Waals surface area contributed by atoms with Gasteiger partial charge < -0.3 is 20.4 Å². The van der Waals surface area contributed by atoms with E-state index in [0.717, 1.165) is 42.0 Å². The van der Waals surface area contributed by atoms with Crippen LogP contribution in [0.3, 0.4) is 0 Å². The second-order valence-corrected chi connectivity index (χ2v) is 9.03. The van der Waals surface area contributed by atoms with Gasteiger partial charge in [0.1, 0.15) is 10.6 Å². The predicted octanol–water partition coefficient (Wildman–Crippen LogP) is 3.82. The lowest BCUT2D eigenvalue weighted by molar-refractivity contribution is 0.103. The Hall–Kier alpha value is -3.04. The first-order valence-electron chi connectivity index (χ1n) is 10.3. The maximum atomic E-state index is 14.3. The lowest BCUT2D eigenvalue weighted by atomic mass is 10.1. The Bertz CT molecular complexity index is 1280. The molecule has 160 valence electrons. The smallest absolute Gasteiger partial charge is 0.265 e. The molecular weight excluding hydrogens is 415 g/mol. The summed E-state index contributed by atoms with van der Waals surface area (Å²) in [7, 11) is 0. The van der Waals surface area contributed by atoms with Crippen LogP contribution < -0.4 is 16.0 Å². The molecular formula is C22H23FN6OS. The van der Waals surface area contributed by atoms with Crippen molar-refractivity contribution < 1.29 is 9.18 Å². The van der Waals surface area contributed by atoms with E-state index in [0.29, 0.717) is 28.7 Å². The maximum Gasteiger partial charge on any atom is 0.265 e. The van der Waals surface area contributed by atoms with Gasteiger partial charge in [0.25, 0.3) is 5.91 Å². The number of nitrogens with two attached hydrogens (primary N) is 1. The van der Waals surface area contributed by atoms with Gasteiger partial charge in [-0.15, -0.1) is 11.3 Å². The first kappa shape index (κ1) is 19.9. The van der Waals surface area contributed by atoms with Crippen LogP contribution in [-0.4, -0.2) is 39.9 Å². The predicted molar refractivity (Wildman–Crippen MR) is 121 cm³/mol. The van der Waals surface area contributed by atoms with Crippen LogP contribution >= 0.6 is 11.3 Å². The molecule has 4 aromatic heterocycles. The highest BCUT2D eigenvalue weighted by Gasteiger charge is 2.23. The van der Waals surface area contributed by atoms with Crippen LogP contribution in [0, 0.1) is 18.7 Å². The third-order valence-electron chi connectivity index (χ3n) is 5.66. The number of fused-ring (bicyclic) bond motifs is 2. The Labute approximate surface area is 182 Å². The zero-order chi connectivity index (χ0) is 21.5. The largest absolute Gasteiger partial charge is 0.356 e. The van der Waals surface area contributed by atoms with Crippen LogP contribution in [0.5, 0.6) is 0 Å². The van der Waals surface area contributed by atoms with E-state index in [9.17, 15) is 9.18 Å². The molecule has 3 N–H and O–H groups in total. The van der Waals surface area contributed by atoms with Gasteiger partial charge in [-0.1, -0.05) is 0 Å². The van der Waals surface area contributed by atoms with Crippen LogP contribution in [0.25, 0.3) is 15.9 Å². The number of anilines is 2. The minimum Gasteiger partial charge on any atom is -0.356 e. The number of aromatic nitrogens is 3. The van der Waals surface area contributed by atoms with Gasteiger partial charge in [-0.25, -0.2) is 14.4 Å². The van der Waals surface area contributed by atoms with Gasteiger partial charge in [0.2, 0.25) is 0 Å².